The van der Waals surface area contributed by atoms with Crippen molar-refractivity contribution >= 4 is 0 Å². The zero-order valence-corrected chi connectivity index (χ0v) is 9.96. The molecule has 3 rings (SSSR count). The first kappa shape index (κ1) is 11.6. The molecule has 2 bridgehead atoms. The molecule has 0 amide bonds. The second-order valence-electron chi connectivity index (χ2n) is 4.75. The summed E-state index contributed by atoms with van der Waals surface area (Å²) in [6, 6.07) is 1.02. The number of hydrogen-bond acceptors (Lipinski definition) is 5. The Morgan fingerprint density at radius 2 is 2.39 bits per heavy atom. The minimum absolute atomic E-state index is 0.258. The second-order valence-corrected chi connectivity index (χ2v) is 4.75. The highest BCUT2D eigenvalue weighted by Crippen LogP contribution is 2.44. The lowest BCUT2D eigenvalue weighted by atomic mass is 9.94. The average molecular weight is 253 g/mol. The van der Waals surface area contributed by atoms with E-state index in [-0.39, 0.29) is 12.1 Å². The number of fused-ring (bicyclic) bond motifs is 2. The van der Waals surface area contributed by atoms with E-state index in [4.69, 9.17) is 15.2 Å². The molecule has 2 saturated heterocycles. The summed E-state index contributed by atoms with van der Waals surface area (Å²) in [5, 5.41) is 0. The molecular formula is C11H15N3O4. The highest BCUT2D eigenvalue weighted by atomic mass is 16.6. The molecule has 2 fully saturated rings. The van der Waals surface area contributed by atoms with E-state index in [1.807, 2.05) is 6.92 Å². The molecule has 1 aromatic heterocycles. The number of aromatic nitrogens is 2. The molecule has 0 radical (unpaired) electrons. The minimum Gasteiger partial charge on any atom is -0.369 e. The van der Waals surface area contributed by atoms with Gasteiger partial charge < -0.3 is 15.2 Å². The van der Waals surface area contributed by atoms with Gasteiger partial charge in [0.25, 0.3) is 5.56 Å². The highest BCUT2D eigenvalue weighted by Gasteiger charge is 2.59. The number of hydrogen-bond donors (Lipinski definition) is 2. The number of rotatable bonds is 2. The van der Waals surface area contributed by atoms with E-state index >= 15 is 0 Å². The Labute approximate surface area is 103 Å². The summed E-state index contributed by atoms with van der Waals surface area (Å²) >= 11 is 0. The standard InChI is InChI=1S/C11H15N3O4/c1-2-11-5-17-7(8(11)12)9(18-11)14-4-3-6(15)13-10(14)16/h3-4,7-9H,2,5,12H2,1H3,(H,13,15,16)/t7-,8+,9-,11+/m1/s1. The lowest BCUT2D eigenvalue weighted by molar-refractivity contribution is -0.174. The first-order chi connectivity index (χ1) is 8.57. The SMILES string of the molecule is CC[C@@]12CO[C@@H]([C@H](n3ccc(=O)[nH]c3=O)O1)[C@@H]2N. The maximum absolute atomic E-state index is 11.7. The summed E-state index contributed by atoms with van der Waals surface area (Å²) in [5.74, 6) is 0. The van der Waals surface area contributed by atoms with Crippen molar-refractivity contribution in [3.8, 4) is 0 Å². The van der Waals surface area contributed by atoms with Crippen molar-refractivity contribution in [2.45, 2.75) is 37.3 Å². The van der Waals surface area contributed by atoms with Crippen LogP contribution in [-0.2, 0) is 9.47 Å². The summed E-state index contributed by atoms with van der Waals surface area (Å²) in [6.07, 6.45) is 1.21. The van der Waals surface area contributed by atoms with Gasteiger partial charge in [-0.2, -0.15) is 0 Å². The van der Waals surface area contributed by atoms with E-state index in [2.05, 4.69) is 4.98 Å². The molecule has 7 nitrogen and oxygen atoms in total. The molecule has 2 aliphatic rings. The number of nitrogens with zero attached hydrogens (tertiary/aromatic N) is 1. The average Bonchev–Trinajstić information content (AvgIpc) is 2.81. The predicted octanol–water partition coefficient (Wildman–Crippen LogP) is -1.06. The molecule has 0 spiro atoms. The zero-order chi connectivity index (χ0) is 12.9. The smallest absolute Gasteiger partial charge is 0.330 e. The number of H-pyrrole nitrogens is 1. The van der Waals surface area contributed by atoms with Crippen LogP contribution < -0.4 is 17.0 Å². The molecule has 0 aromatic carbocycles. The fourth-order valence-corrected chi connectivity index (χ4v) is 2.68. The Bertz CT molecular complexity index is 580. The summed E-state index contributed by atoms with van der Waals surface area (Å²) in [7, 11) is 0. The molecule has 0 aliphatic carbocycles. The van der Waals surface area contributed by atoms with Crippen LogP contribution in [-0.4, -0.2) is 33.9 Å². The summed E-state index contributed by atoms with van der Waals surface area (Å²) < 4.78 is 12.8. The van der Waals surface area contributed by atoms with E-state index in [9.17, 15) is 9.59 Å². The maximum atomic E-state index is 11.7. The van der Waals surface area contributed by atoms with E-state index in [0.29, 0.717) is 6.61 Å². The van der Waals surface area contributed by atoms with Gasteiger partial charge >= 0.3 is 5.69 Å². The molecule has 18 heavy (non-hydrogen) atoms. The van der Waals surface area contributed by atoms with E-state index in [0.717, 1.165) is 6.42 Å². The van der Waals surface area contributed by atoms with Crippen LogP contribution >= 0.6 is 0 Å². The van der Waals surface area contributed by atoms with Crippen LogP contribution in [0.2, 0.25) is 0 Å². The molecule has 1 aromatic rings. The van der Waals surface area contributed by atoms with Crippen LogP contribution in [0, 0.1) is 0 Å². The number of nitrogens with one attached hydrogen (secondary N) is 1. The molecule has 7 heteroatoms. The molecule has 4 atom stereocenters. The van der Waals surface area contributed by atoms with Gasteiger partial charge in [-0.15, -0.1) is 0 Å². The van der Waals surface area contributed by atoms with Gasteiger partial charge in [0, 0.05) is 12.3 Å². The van der Waals surface area contributed by atoms with Crippen LogP contribution in [0.15, 0.2) is 21.9 Å². The highest BCUT2D eigenvalue weighted by molar-refractivity contribution is 5.09. The third-order valence-corrected chi connectivity index (χ3v) is 3.84. The molecule has 2 aliphatic heterocycles. The first-order valence-electron chi connectivity index (χ1n) is 5.94. The van der Waals surface area contributed by atoms with Crippen LogP contribution in [0.5, 0.6) is 0 Å². The Morgan fingerprint density at radius 3 is 3.00 bits per heavy atom. The number of nitrogens with two attached hydrogens (primary N) is 1. The number of ether oxygens (including phenoxy) is 2. The molecular weight excluding hydrogens is 238 g/mol. The van der Waals surface area contributed by atoms with Crippen molar-refractivity contribution in [2.75, 3.05) is 6.61 Å². The molecule has 98 valence electrons. The van der Waals surface area contributed by atoms with E-state index < -0.39 is 23.1 Å². The topological polar surface area (TPSA) is 99.3 Å². The summed E-state index contributed by atoms with van der Waals surface area (Å²) in [4.78, 5) is 25.0. The molecule has 0 saturated carbocycles. The lowest BCUT2D eigenvalue weighted by Crippen LogP contribution is -2.44. The quantitative estimate of drug-likeness (QED) is 0.700. The van der Waals surface area contributed by atoms with Gasteiger partial charge in [0.2, 0.25) is 0 Å². The van der Waals surface area contributed by atoms with Crippen molar-refractivity contribution < 1.29 is 9.47 Å². The fraction of sp³-hybridized carbons (Fsp3) is 0.636. The molecule has 3 N–H and O–H groups in total. The van der Waals surface area contributed by atoms with Crippen molar-refractivity contribution in [3.05, 3.63) is 33.1 Å². The van der Waals surface area contributed by atoms with Gasteiger partial charge in [-0.3, -0.25) is 14.3 Å². The summed E-state index contributed by atoms with van der Waals surface area (Å²) in [6.45, 7) is 2.42. The Morgan fingerprint density at radius 1 is 1.61 bits per heavy atom. The summed E-state index contributed by atoms with van der Waals surface area (Å²) in [5.41, 5.74) is 4.63. The van der Waals surface area contributed by atoms with E-state index in [1.165, 1.54) is 16.8 Å². The minimum atomic E-state index is -0.571. The molecule has 0 unspecified atom stereocenters. The van der Waals surface area contributed by atoms with Crippen LogP contribution in [0.3, 0.4) is 0 Å². The zero-order valence-electron chi connectivity index (χ0n) is 9.96. The van der Waals surface area contributed by atoms with Crippen molar-refractivity contribution in [3.63, 3.8) is 0 Å². The third kappa shape index (κ3) is 1.41. The van der Waals surface area contributed by atoms with Crippen LogP contribution in [0.1, 0.15) is 19.6 Å². The first-order valence-corrected chi connectivity index (χ1v) is 5.94. The Kier molecular flexibility index (Phi) is 2.44. The van der Waals surface area contributed by atoms with Gasteiger partial charge in [-0.05, 0) is 6.42 Å². The third-order valence-electron chi connectivity index (χ3n) is 3.84. The van der Waals surface area contributed by atoms with Gasteiger partial charge in [-0.1, -0.05) is 6.92 Å². The van der Waals surface area contributed by atoms with Gasteiger partial charge in [0.1, 0.15) is 11.7 Å². The van der Waals surface area contributed by atoms with Crippen LogP contribution in [0.4, 0.5) is 0 Å². The Balaban J connectivity index is 2.01. The van der Waals surface area contributed by atoms with Crippen molar-refractivity contribution in [2.24, 2.45) is 5.73 Å². The van der Waals surface area contributed by atoms with E-state index in [1.54, 1.807) is 0 Å². The van der Waals surface area contributed by atoms with Crippen molar-refractivity contribution in [1.29, 1.82) is 0 Å². The van der Waals surface area contributed by atoms with Gasteiger partial charge in [0.05, 0.1) is 12.6 Å². The monoisotopic (exact) mass is 253 g/mol. The van der Waals surface area contributed by atoms with Crippen molar-refractivity contribution in [1.82, 2.24) is 9.55 Å². The number of aromatic amines is 1. The van der Waals surface area contributed by atoms with Gasteiger partial charge in [0.15, 0.2) is 6.23 Å². The van der Waals surface area contributed by atoms with Crippen LogP contribution in [0.25, 0.3) is 0 Å². The normalized spacial score (nSPS) is 38.2. The predicted molar refractivity (Wildman–Crippen MR) is 62.2 cm³/mol. The van der Waals surface area contributed by atoms with Gasteiger partial charge in [-0.25, -0.2) is 4.79 Å². The maximum Gasteiger partial charge on any atom is 0.330 e. The lowest BCUT2D eigenvalue weighted by Gasteiger charge is -2.30. The Hall–Kier alpha value is -1.44. The largest absolute Gasteiger partial charge is 0.369 e. The fourth-order valence-electron chi connectivity index (χ4n) is 2.68. The second kappa shape index (κ2) is 3.78. The molecule has 3 heterocycles.